The Balaban J connectivity index is 2.17. The highest BCUT2D eigenvalue weighted by Crippen LogP contribution is 2.61. The van der Waals surface area contributed by atoms with Gasteiger partial charge in [-0.1, -0.05) is 0 Å². The predicted molar refractivity (Wildman–Crippen MR) is 32.7 cm³/mol. The van der Waals surface area contributed by atoms with Crippen LogP contribution in [0.5, 0.6) is 0 Å². The molecule has 0 aromatic rings. The maximum Gasteiger partial charge on any atom is 0.0683 e. The number of hydrogen-bond acceptors (Lipinski definition) is 3. The van der Waals surface area contributed by atoms with Crippen LogP contribution in [0.1, 0.15) is 6.42 Å². The molecule has 8 heavy (non-hydrogen) atoms. The zero-order valence-electron chi connectivity index (χ0n) is 4.37. The van der Waals surface area contributed by atoms with Crippen molar-refractivity contribution in [2.45, 2.75) is 11.7 Å². The third kappa shape index (κ3) is 0.513. The second kappa shape index (κ2) is 1.21. The van der Waals surface area contributed by atoms with Gasteiger partial charge in [0, 0.05) is 6.54 Å². The van der Waals surface area contributed by atoms with Crippen LogP contribution in [-0.4, -0.2) is 20.9 Å². The zero-order chi connectivity index (χ0) is 5.78. The molecule has 0 spiro atoms. The number of rotatable bonds is 0. The van der Waals surface area contributed by atoms with Crippen LogP contribution < -0.4 is 4.72 Å². The molecule has 3 nitrogen and oxygen atoms in total. The topological polar surface area (TPSA) is 52.5 Å². The van der Waals surface area contributed by atoms with E-state index in [-0.39, 0.29) is 5.25 Å². The average Bonchev–Trinajstić information content (AvgIpc) is 2.34. The number of nitrogens with one attached hydrogen (secondary N) is 1. The summed E-state index contributed by atoms with van der Waals surface area (Å²) in [6.07, 6.45) is 1.02. The Morgan fingerprint density at radius 3 is 2.38 bits per heavy atom. The Kier molecular flexibility index (Phi) is 0.764. The second-order valence-corrected chi connectivity index (χ2v) is 4.56. The van der Waals surface area contributed by atoms with E-state index in [1.165, 1.54) is 0 Å². The Labute approximate surface area is 49.6 Å². The summed E-state index contributed by atoms with van der Waals surface area (Å²) in [4.78, 5) is 0. The van der Waals surface area contributed by atoms with Gasteiger partial charge in [-0.25, -0.2) is 4.72 Å². The first-order chi connectivity index (χ1) is 3.70. The van der Waals surface area contributed by atoms with E-state index in [2.05, 4.69) is 4.72 Å². The lowest BCUT2D eigenvalue weighted by Crippen LogP contribution is -2.16. The fourth-order valence-electron chi connectivity index (χ4n) is 1.17. The van der Waals surface area contributed by atoms with Crippen molar-refractivity contribution in [3.63, 3.8) is 0 Å². The van der Waals surface area contributed by atoms with E-state index in [9.17, 15) is 0 Å². The molecule has 0 aromatic heterocycles. The molecule has 1 aliphatic heterocycles. The number of hydrogen-bond donors (Lipinski definition) is 3. The fraction of sp³-hybridized carbons (Fsp3) is 1.00. The summed E-state index contributed by atoms with van der Waals surface area (Å²) in [5, 5.41) is 0.211. The Bertz CT molecular complexity index is 127. The predicted octanol–water partition coefficient (Wildman–Crippen LogP) is 0.644. The van der Waals surface area contributed by atoms with Crippen molar-refractivity contribution in [1.29, 1.82) is 0 Å². The van der Waals surface area contributed by atoms with Crippen LogP contribution >= 0.6 is 10.8 Å². The van der Waals surface area contributed by atoms with Crippen molar-refractivity contribution in [3.05, 3.63) is 0 Å². The van der Waals surface area contributed by atoms with Crippen LogP contribution in [0, 0.1) is 5.92 Å². The molecule has 48 valence electrons. The van der Waals surface area contributed by atoms with Gasteiger partial charge in [-0.05, 0) is 12.3 Å². The highest BCUT2D eigenvalue weighted by Gasteiger charge is 2.52. The molecule has 1 aliphatic carbocycles. The van der Waals surface area contributed by atoms with Gasteiger partial charge in [0.1, 0.15) is 0 Å². The van der Waals surface area contributed by atoms with Gasteiger partial charge in [-0.3, -0.25) is 9.11 Å². The van der Waals surface area contributed by atoms with Crippen molar-refractivity contribution in [2.24, 2.45) is 5.92 Å². The lowest BCUT2D eigenvalue weighted by Gasteiger charge is -2.28. The van der Waals surface area contributed by atoms with Crippen LogP contribution in [0.15, 0.2) is 0 Å². The highest BCUT2D eigenvalue weighted by molar-refractivity contribution is 8.23. The molecule has 2 atom stereocenters. The molecule has 4 heteroatoms. The van der Waals surface area contributed by atoms with E-state index in [1.54, 1.807) is 0 Å². The monoisotopic (exact) mass is 135 g/mol. The van der Waals surface area contributed by atoms with Gasteiger partial charge in [-0.15, -0.1) is 10.8 Å². The molecular formula is C4H9NO2S. The zero-order valence-corrected chi connectivity index (χ0v) is 5.19. The molecule has 0 bridgehead atoms. The first-order valence-electron chi connectivity index (χ1n) is 2.72. The van der Waals surface area contributed by atoms with Crippen molar-refractivity contribution < 1.29 is 9.11 Å². The molecule has 1 heterocycles. The molecule has 0 radical (unpaired) electrons. The standard InChI is InChI=1S/C4H9NO2S/c6-8(7)4-1-3(4)2-5-8/h3-7H,1-2H2. The lowest BCUT2D eigenvalue weighted by molar-refractivity contribution is 0.477. The lowest BCUT2D eigenvalue weighted by atomic mass is 10.4. The maximum atomic E-state index is 9.03. The molecule has 2 aliphatic rings. The normalized spacial score (nSPS) is 52.8. The van der Waals surface area contributed by atoms with Crippen LogP contribution in [0.2, 0.25) is 0 Å². The molecular weight excluding hydrogens is 126 g/mol. The van der Waals surface area contributed by atoms with Gasteiger partial charge in [0.25, 0.3) is 0 Å². The molecule has 2 rings (SSSR count). The quantitative estimate of drug-likeness (QED) is 0.457. The Morgan fingerprint density at radius 2 is 2.25 bits per heavy atom. The molecule has 1 saturated carbocycles. The SMILES string of the molecule is OS1(O)NCC2CC21. The summed E-state index contributed by atoms with van der Waals surface area (Å²) in [6.45, 7) is 0.813. The van der Waals surface area contributed by atoms with Crippen LogP contribution in [0.4, 0.5) is 0 Å². The Hall–Kier alpha value is 0.230. The maximum absolute atomic E-state index is 9.03. The summed E-state index contributed by atoms with van der Waals surface area (Å²) >= 11 is 0. The van der Waals surface area contributed by atoms with Gasteiger partial charge in [-0.2, -0.15) is 0 Å². The minimum absolute atomic E-state index is 0.211. The van der Waals surface area contributed by atoms with Crippen molar-refractivity contribution in [2.75, 3.05) is 6.54 Å². The fourth-order valence-corrected chi connectivity index (χ4v) is 3.00. The first kappa shape index (κ1) is 5.05. The van der Waals surface area contributed by atoms with Gasteiger partial charge < -0.3 is 0 Å². The van der Waals surface area contributed by atoms with Gasteiger partial charge >= 0.3 is 0 Å². The van der Waals surface area contributed by atoms with Crippen molar-refractivity contribution in [1.82, 2.24) is 4.72 Å². The highest BCUT2D eigenvalue weighted by atomic mass is 32.3. The molecule has 2 fully saturated rings. The van der Waals surface area contributed by atoms with E-state index in [1.807, 2.05) is 0 Å². The van der Waals surface area contributed by atoms with Crippen LogP contribution in [0.25, 0.3) is 0 Å². The summed E-state index contributed by atoms with van der Waals surface area (Å²) in [5.74, 6) is 0.583. The van der Waals surface area contributed by atoms with E-state index in [0.717, 1.165) is 13.0 Å². The largest absolute Gasteiger partial charge is 0.285 e. The van der Waals surface area contributed by atoms with Gasteiger partial charge in [0.05, 0.1) is 5.25 Å². The first-order valence-corrected chi connectivity index (χ1v) is 4.33. The minimum atomic E-state index is -2.30. The Morgan fingerprint density at radius 1 is 1.50 bits per heavy atom. The van der Waals surface area contributed by atoms with E-state index in [4.69, 9.17) is 9.11 Å². The van der Waals surface area contributed by atoms with Crippen LogP contribution in [-0.2, 0) is 0 Å². The summed E-state index contributed by atoms with van der Waals surface area (Å²) in [5.41, 5.74) is 0. The molecule has 2 unspecified atom stereocenters. The van der Waals surface area contributed by atoms with Gasteiger partial charge in [0.15, 0.2) is 0 Å². The summed E-state index contributed by atoms with van der Waals surface area (Å²) in [6, 6.07) is 0. The molecule has 0 aromatic carbocycles. The average molecular weight is 135 g/mol. The van der Waals surface area contributed by atoms with Crippen molar-refractivity contribution >= 4 is 10.8 Å². The molecule has 1 saturated heterocycles. The van der Waals surface area contributed by atoms with Crippen molar-refractivity contribution in [3.8, 4) is 0 Å². The molecule has 0 amide bonds. The van der Waals surface area contributed by atoms with E-state index in [0.29, 0.717) is 5.92 Å². The summed E-state index contributed by atoms with van der Waals surface area (Å²) < 4.78 is 20.8. The van der Waals surface area contributed by atoms with E-state index >= 15 is 0 Å². The van der Waals surface area contributed by atoms with E-state index < -0.39 is 10.8 Å². The third-order valence-electron chi connectivity index (χ3n) is 1.84. The third-order valence-corrected chi connectivity index (χ3v) is 3.85. The summed E-state index contributed by atoms with van der Waals surface area (Å²) in [7, 11) is -2.30. The minimum Gasteiger partial charge on any atom is -0.285 e. The van der Waals surface area contributed by atoms with Crippen LogP contribution in [0.3, 0.4) is 0 Å². The number of fused-ring (bicyclic) bond motifs is 1. The molecule has 3 N–H and O–H groups in total. The van der Waals surface area contributed by atoms with Gasteiger partial charge in [0.2, 0.25) is 0 Å². The second-order valence-electron chi connectivity index (χ2n) is 2.48. The smallest absolute Gasteiger partial charge is 0.0683 e.